The van der Waals surface area contributed by atoms with E-state index in [2.05, 4.69) is 0 Å². The van der Waals surface area contributed by atoms with Crippen LogP contribution in [0.5, 0.6) is 5.75 Å². The van der Waals surface area contributed by atoms with Gasteiger partial charge < -0.3 is 15.4 Å². The number of nitrogens with two attached hydrogens (primary N) is 1. The average Bonchev–Trinajstić information content (AvgIpc) is 2.60. The van der Waals surface area contributed by atoms with E-state index in [1.165, 1.54) is 0 Å². The number of methoxy groups -OCH3 is 1. The molecule has 15 heavy (non-hydrogen) atoms. The van der Waals surface area contributed by atoms with Gasteiger partial charge >= 0.3 is 0 Å². The molecule has 80 valence electrons. The largest absolute Gasteiger partial charge is 0.495 e. The van der Waals surface area contributed by atoms with Gasteiger partial charge in [-0.15, -0.1) is 0 Å². The zero-order chi connectivity index (χ0) is 10.8. The number of hydrogen-bond acceptors (Lipinski definition) is 3. The van der Waals surface area contributed by atoms with Crippen LogP contribution in [0.2, 0.25) is 0 Å². The van der Waals surface area contributed by atoms with Gasteiger partial charge in [0.15, 0.2) is 0 Å². The van der Waals surface area contributed by atoms with E-state index in [-0.39, 0.29) is 11.9 Å². The summed E-state index contributed by atoms with van der Waals surface area (Å²) >= 11 is 0. The molecule has 0 bridgehead atoms. The standard InChI is InChI=1S/C11H14N2O2/c1-15-10-5-3-2-4-9(10)13-7-6-8(12)11(13)14/h2-5,8H,6-7,12H2,1H3/t8-/m0/s1. The van der Waals surface area contributed by atoms with Crippen LogP contribution in [0.1, 0.15) is 6.42 Å². The predicted octanol–water partition coefficient (Wildman–Crippen LogP) is 0.759. The average molecular weight is 206 g/mol. The summed E-state index contributed by atoms with van der Waals surface area (Å²) in [5, 5.41) is 0. The number of amides is 1. The van der Waals surface area contributed by atoms with Gasteiger partial charge in [0.1, 0.15) is 5.75 Å². The Bertz CT molecular complexity index is 379. The van der Waals surface area contributed by atoms with Crippen LogP contribution in [-0.2, 0) is 4.79 Å². The summed E-state index contributed by atoms with van der Waals surface area (Å²) in [7, 11) is 1.60. The summed E-state index contributed by atoms with van der Waals surface area (Å²) in [6.07, 6.45) is 0.705. The van der Waals surface area contributed by atoms with E-state index in [1.807, 2.05) is 24.3 Å². The highest BCUT2D eigenvalue weighted by Gasteiger charge is 2.30. The summed E-state index contributed by atoms with van der Waals surface area (Å²) in [6, 6.07) is 7.11. The second-order valence-corrected chi connectivity index (χ2v) is 3.56. The maximum Gasteiger partial charge on any atom is 0.244 e. The Labute approximate surface area is 88.6 Å². The molecule has 0 aliphatic carbocycles. The molecule has 2 N–H and O–H groups in total. The number of benzene rings is 1. The first kappa shape index (κ1) is 9.98. The zero-order valence-corrected chi connectivity index (χ0v) is 8.64. The number of hydrogen-bond donors (Lipinski definition) is 1. The minimum Gasteiger partial charge on any atom is -0.495 e. The van der Waals surface area contributed by atoms with Crippen molar-refractivity contribution in [3.63, 3.8) is 0 Å². The van der Waals surface area contributed by atoms with E-state index in [1.54, 1.807) is 12.0 Å². The van der Waals surface area contributed by atoms with E-state index in [4.69, 9.17) is 10.5 Å². The van der Waals surface area contributed by atoms with Crippen LogP contribution in [-0.4, -0.2) is 25.6 Å². The van der Waals surface area contributed by atoms with E-state index in [9.17, 15) is 4.79 Å². The van der Waals surface area contributed by atoms with Crippen LogP contribution in [0.4, 0.5) is 5.69 Å². The number of carbonyl (C=O) groups excluding carboxylic acids is 1. The van der Waals surface area contributed by atoms with Crippen LogP contribution in [0.15, 0.2) is 24.3 Å². The normalized spacial score (nSPS) is 20.8. The quantitative estimate of drug-likeness (QED) is 0.777. The molecule has 0 unspecified atom stereocenters. The molecule has 4 heteroatoms. The van der Waals surface area contributed by atoms with Crippen molar-refractivity contribution < 1.29 is 9.53 Å². The van der Waals surface area contributed by atoms with Gasteiger partial charge in [-0.3, -0.25) is 4.79 Å². The second kappa shape index (κ2) is 3.90. The maximum absolute atomic E-state index is 11.7. The van der Waals surface area contributed by atoms with Crippen molar-refractivity contribution in [1.29, 1.82) is 0 Å². The second-order valence-electron chi connectivity index (χ2n) is 3.56. The van der Waals surface area contributed by atoms with Crippen LogP contribution < -0.4 is 15.4 Å². The van der Waals surface area contributed by atoms with Gasteiger partial charge in [-0.1, -0.05) is 12.1 Å². The highest BCUT2D eigenvalue weighted by molar-refractivity contribution is 6.00. The van der Waals surface area contributed by atoms with Gasteiger partial charge in [-0.2, -0.15) is 0 Å². The first-order valence-corrected chi connectivity index (χ1v) is 4.94. The Hall–Kier alpha value is -1.55. The molecule has 1 atom stereocenters. The summed E-state index contributed by atoms with van der Waals surface area (Å²) in [5.41, 5.74) is 6.47. The third kappa shape index (κ3) is 1.68. The fourth-order valence-electron chi connectivity index (χ4n) is 1.79. The third-order valence-electron chi connectivity index (χ3n) is 2.62. The fraction of sp³-hybridized carbons (Fsp3) is 0.364. The number of carbonyl (C=O) groups is 1. The molecule has 0 spiro atoms. The van der Waals surface area contributed by atoms with Crippen molar-refractivity contribution in [3.05, 3.63) is 24.3 Å². The maximum atomic E-state index is 11.7. The molecule has 2 rings (SSSR count). The lowest BCUT2D eigenvalue weighted by molar-refractivity contribution is -0.118. The predicted molar refractivity (Wildman–Crippen MR) is 57.9 cm³/mol. The summed E-state index contributed by atoms with van der Waals surface area (Å²) in [5.74, 6) is 0.680. The number of rotatable bonds is 2. The third-order valence-corrected chi connectivity index (χ3v) is 2.62. The lowest BCUT2D eigenvalue weighted by Crippen LogP contribution is -2.34. The molecule has 0 saturated carbocycles. The number of nitrogens with zero attached hydrogens (tertiary/aromatic N) is 1. The molecule has 1 amide bonds. The molecule has 0 aromatic heterocycles. The number of anilines is 1. The Morgan fingerprint density at radius 1 is 1.47 bits per heavy atom. The topological polar surface area (TPSA) is 55.6 Å². The monoisotopic (exact) mass is 206 g/mol. The van der Waals surface area contributed by atoms with Crippen molar-refractivity contribution in [3.8, 4) is 5.75 Å². The lowest BCUT2D eigenvalue weighted by Gasteiger charge is -2.18. The van der Waals surface area contributed by atoms with E-state index < -0.39 is 0 Å². The Morgan fingerprint density at radius 3 is 2.80 bits per heavy atom. The first-order valence-electron chi connectivity index (χ1n) is 4.94. The molecule has 1 aliphatic rings. The molecule has 1 aromatic rings. The van der Waals surface area contributed by atoms with Gasteiger partial charge in [0.05, 0.1) is 18.8 Å². The van der Waals surface area contributed by atoms with E-state index >= 15 is 0 Å². The molecule has 1 saturated heterocycles. The van der Waals surface area contributed by atoms with Crippen LogP contribution in [0, 0.1) is 0 Å². The van der Waals surface area contributed by atoms with Gasteiger partial charge in [-0.05, 0) is 18.6 Å². The molecule has 1 aliphatic heterocycles. The minimum absolute atomic E-state index is 0.0282. The van der Waals surface area contributed by atoms with Gasteiger partial charge in [0.25, 0.3) is 0 Å². The van der Waals surface area contributed by atoms with Crippen molar-refractivity contribution in [1.82, 2.24) is 0 Å². The summed E-state index contributed by atoms with van der Waals surface area (Å²) in [4.78, 5) is 13.4. The highest BCUT2D eigenvalue weighted by atomic mass is 16.5. The van der Waals surface area contributed by atoms with E-state index in [0.717, 1.165) is 5.69 Å². The smallest absolute Gasteiger partial charge is 0.244 e. The van der Waals surface area contributed by atoms with Gasteiger partial charge in [-0.25, -0.2) is 0 Å². The van der Waals surface area contributed by atoms with Gasteiger partial charge in [0.2, 0.25) is 5.91 Å². The molecule has 1 aromatic carbocycles. The molecular weight excluding hydrogens is 192 g/mol. The highest BCUT2D eigenvalue weighted by Crippen LogP contribution is 2.30. The fourth-order valence-corrected chi connectivity index (χ4v) is 1.79. The van der Waals surface area contributed by atoms with Gasteiger partial charge in [0, 0.05) is 6.54 Å². The number of ether oxygens (including phenoxy) is 1. The van der Waals surface area contributed by atoms with E-state index in [0.29, 0.717) is 18.7 Å². The lowest BCUT2D eigenvalue weighted by atomic mass is 10.2. The first-order chi connectivity index (χ1) is 7.24. The van der Waals surface area contributed by atoms with Crippen molar-refractivity contribution in [2.75, 3.05) is 18.6 Å². The number of para-hydroxylation sites is 2. The van der Waals surface area contributed by atoms with Crippen LogP contribution in [0.25, 0.3) is 0 Å². The van der Waals surface area contributed by atoms with Crippen molar-refractivity contribution in [2.45, 2.75) is 12.5 Å². The molecule has 1 fully saturated rings. The SMILES string of the molecule is COc1ccccc1N1CC[C@H](N)C1=O. The molecule has 0 radical (unpaired) electrons. The van der Waals surface area contributed by atoms with Crippen LogP contribution >= 0.6 is 0 Å². The molecule has 4 nitrogen and oxygen atoms in total. The Balaban J connectivity index is 2.33. The minimum atomic E-state index is -0.366. The van der Waals surface area contributed by atoms with Crippen LogP contribution in [0.3, 0.4) is 0 Å². The Morgan fingerprint density at radius 2 is 2.20 bits per heavy atom. The summed E-state index contributed by atoms with van der Waals surface area (Å²) in [6.45, 7) is 0.667. The van der Waals surface area contributed by atoms with Crippen molar-refractivity contribution in [2.24, 2.45) is 5.73 Å². The zero-order valence-electron chi connectivity index (χ0n) is 8.64. The molecular formula is C11H14N2O2. The molecule has 1 heterocycles. The Kier molecular flexibility index (Phi) is 2.60. The van der Waals surface area contributed by atoms with Crippen molar-refractivity contribution >= 4 is 11.6 Å². The summed E-state index contributed by atoms with van der Waals surface area (Å²) < 4.78 is 5.21.